The van der Waals surface area contributed by atoms with Crippen LogP contribution in [0.4, 0.5) is 11.4 Å². The van der Waals surface area contributed by atoms with Gasteiger partial charge in [-0.05, 0) is 35.9 Å². The number of benzene rings is 3. The van der Waals surface area contributed by atoms with Crippen LogP contribution in [0.5, 0.6) is 0 Å². The third kappa shape index (κ3) is 2.69. The lowest BCUT2D eigenvalue weighted by Crippen LogP contribution is -2.29. The van der Waals surface area contributed by atoms with E-state index in [9.17, 15) is 4.79 Å². The highest BCUT2D eigenvalue weighted by Crippen LogP contribution is 2.54. The van der Waals surface area contributed by atoms with E-state index in [2.05, 4.69) is 50.8 Å². The average molecular weight is 435 g/mol. The zero-order valence-electron chi connectivity index (χ0n) is 14.2. The maximum Gasteiger partial charge on any atom is 0.249 e. The molecule has 2 N–H and O–H groups in total. The summed E-state index contributed by atoms with van der Waals surface area (Å²) in [6.07, 6.45) is 2.06. The van der Waals surface area contributed by atoms with Crippen LogP contribution in [-0.4, -0.2) is 5.91 Å². The number of para-hydroxylation sites is 1. The molecule has 1 atom stereocenters. The molecule has 1 amide bonds. The van der Waals surface area contributed by atoms with E-state index < -0.39 is 4.75 Å². The predicted molar refractivity (Wildman–Crippen MR) is 115 cm³/mol. The summed E-state index contributed by atoms with van der Waals surface area (Å²) >= 11 is 5.13. The van der Waals surface area contributed by atoms with Crippen molar-refractivity contribution in [3.8, 4) is 0 Å². The highest BCUT2D eigenvalue weighted by molar-refractivity contribution is 9.10. The lowest BCUT2D eigenvalue weighted by atomic mass is 9.96. The second-order valence-corrected chi connectivity index (χ2v) is 8.73. The monoisotopic (exact) mass is 434 g/mol. The van der Waals surface area contributed by atoms with Gasteiger partial charge >= 0.3 is 0 Å². The second-order valence-electron chi connectivity index (χ2n) is 6.53. The van der Waals surface area contributed by atoms with Gasteiger partial charge in [-0.3, -0.25) is 4.79 Å². The third-order valence-electron chi connectivity index (χ3n) is 4.83. The van der Waals surface area contributed by atoms with Crippen molar-refractivity contribution in [1.82, 2.24) is 0 Å². The summed E-state index contributed by atoms with van der Waals surface area (Å²) in [5.41, 5.74) is 4.83. The molecule has 3 aromatic rings. The molecule has 3 nitrogen and oxygen atoms in total. The van der Waals surface area contributed by atoms with Crippen LogP contribution in [0.15, 0.2) is 88.2 Å². The number of amides is 1. The van der Waals surface area contributed by atoms with Gasteiger partial charge in [-0.15, -0.1) is 0 Å². The van der Waals surface area contributed by atoms with E-state index in [1.165, 1.54) is 0 Å². The van der Waals surface area contributed by atoms with E-state index in [1.807, 2.05) is 54.6 Å². The summed E-state index contributed by atoms with van der Waals surface area (Å²) in [6.45, 7) is 0. The van der Waals surface area contributed by atoms with Gasteiger partial charge in [0, 0.05) is 26.3 Å². The number of carbonyl (C=O) groups is 1. The first-order chi connectivity index (χ1) is 13.2. The van der Waals surface area contributed by atoms with Crippen LogP contribution >= 0.6 is 27.7 Å². The van der Waals surface area contributed by atoms with Crippen molar-refractivity contribution in [2.45, 2.75) is 9.64 Å². The highest BCUT2D eigenvalue weighted by Gasteiger charge is 2.48. The fourth-order valence-electron chi connectivity index (χ4n) is 3.54. The minimum atomic E-state index is -0.819. The number of anilines is 2. The first-order valence-electron chi connectivity index (χ1n) is 8.60. The van der Waals surface area contributed by atoms with Crippen LogP contribution in [0.1, 0.15) is 11.1 Å². The van der Waals surface area contributed by atoms with Crippen molar-refractivity contribution in [2.24, 2.45) is 0 Å². The molecular weight excluding hydrogens is 420 g/mol. The van der Waals surface area contributed by atoms with Crippen LogP contribution < -0.4 is 10.6 Å². The summed E-state index contributed by atoms with van der Waals surface area (Å²) in [5, 5.41) is 6.60. The molecule has 1 unspecified atom stereocenters. The molecule has 2 aliphatic rings. The summed E-state index contributed by atoms with van der Waals surface area (Å²) in [4.78, 5) is 14.2. The molecule has 3 aromatic carbocycles. The van der Waals surface area contributed by atoms with Gasteiger partial charge in [-0.1, -0.05) is 76.2 Å². The maximum absolute atomic E-state index is 13.2. The van der Waals surface area contributed by atoms with Gasteiger partial charge in [-0.2, -0.15) is 0 Å². The number of carbonyl (C=O) groups excluding carboxylic acids is 1. The second kappa shape index (κ2) is 6.29. The van der Waals surface area contributed by atoms with E-state index >= 15 is 0 Å². The van der Waals surface area contributed by atoms with Gasteiger partial charge in [0.05, 0.1) is 5.69 Å². The van der Waals surface area contributed by atoms with Gasteiger partial charge in [0.1, 0.15) is 4.75 Å². The van der Waals surface area contributed by atoms with Crippen LogP contribution in [-0.2, 0) is 9.54 Å². The lowest BCUT2D eigenvalue weighted by Gasteiger charge is -2.22. The lowest BCUT2D eigenvalue weighted by molar-refractivity contribution is -0.116. The summed E-state index contributed by atoms with van der Waals surface area (Å²) in [7, 11) is 0. The van der Waals surface area contributed by atoms with E-state index in [4.69, 9.17) is 0 Å². The summed E-state index contributed by atoms with van der Waals surface area (Å²) < 4.78 is 0.168. The Morgan fingerprint density at radius 3 is 2.48 bits per heavy atom. The van der Waals surface area contributed by atoms with Gasteiger partial charge < -0.3 is 10.6 Å². The Morgan fingerprint density at radius 1 is 0.852 bits per heavy atom. The number of nitrogens with one attached hydrogen (secondary N) is 2. The molecule has 5 heteroatoms. The van der Waals surface area contributed by atoms with Crippen LogP contribution in [0.2, 0.25) is 0 Å². The Kier molecular flexibility index (Phi) is 3.88. The minimum absolute atomic E-state index is 0.0169. The zero-order chi connectivity index (χ0) is 18.4. The largest absolute Gasteiger partial charge is 0.354 e. The van der Waals surface area contributed by atoms with Gasteiger partial charge in [-0.25, -0.2) is 0 Å². The SMILES string of the molecule is O=C1Nc2ccccc2C12C=C(c1ccccc1)Nc1ccc(Br)cc1S2. The molecule has 5 rings (SSSR count). The molecule has 0 aromatic heterocycles. The Balaban J connectivity index is 1.78. The molecule has 2 aliphatic heterocycles. The van der Waals surface area contributed by atoms with E-state index in [0.717, 1.165) is 37.6 Å². The average Bonchev–Trinajstić information content (AvgIpc) is 2.84. The fraction of sp³-hybridized carbons (Fsp3) is 0.0455. The molecule has 0 fully saturated rings. The van der Waals surface area contributed by atoms with Gasteiger partial charge in [0.25, 0.3) is 0 Å². The topological polar surface area (TPSA) is 41.1 Å². The van der Waals surface area contributed by atoms with Gasteiger partial charge in [0.15, 0.2) is 0 Å². The Morgan fingerprint density at radius 2 is 1.63 bits per heavy atom. The molecule has 27 heavy (non-hydrogen) atoms. The zero-order valence-corrected chi connectivity index (χ0v) is 16.6. The molecule has 1 spiro atoms. The number of halogens is 1. The molecule has 0 saturated carbocycles. The molecular formula is C22H15BrN2OS. The first kappa shape index (κ1) is 16.7. The molecule has 0 saturated heterocycles. The van der Waals surface area contributed by atoms with Crippen LogP contribution in [0, 0.1) is 0 Å². The van der Waals surface area contributed by atoms with Crippen molar-refractivity contribution in [3.05, 3.63) is 94.5 Å². The number of hydrogen-bond donors (Lipinski definition) is 2. The van der Waals surface area contributed by atoms with Crippen LogP contribution in [0.25, 0.3) is 5.70 Å². The standard InChI is InChI=1S/C22H15BrN2OS/c23-15-10-11-18-20(12-15)27-22(13-19(24-18)14-6-2-1-3-7-14)16-8-4-5-9-17(16)25-21(22)26/h1-13,24H,(H,25,26). The highest BCUT2D eigenvalue weighted by atomic mass is 79.9. The molecule has 0 radical (unpaired) electrons. The van der Waals surface area contributed by atoms with Crippen LogP contribution in [0.3, 0.4) is 0 Å². The third-order valence-corrected chi connectivity index (χ3v) is 6.73. The van der Waals surface area contributed by atoms with Crippen molar-refractivity contribution in [1.29, 1.82) is 0 Å². The molecule has 0 bridgehead atoms. The van der Waals surface area contributed by atoms with Crippen molar-refractivity contribution in [3.63, 3.8) is 0 Å². The Bertz CT molecular complexity index is 1100. The smallest absolute Gasteiger partial charge is 0.249 e. The normalized spacial score (nSPS) is 20.2. The minimum Gasteiger partial charge on any atom is -0.354 e. The molecule has 2 heterocycles. The number of rotatable bonds is 1. The number of hydrogen-bond acceptors (Lipinski definition) is 3. The quantitative estimate of drug-likeness (QED) is 0.504. The van der Waals surface area contributed by atoms with E-state index in [1.54, 1.807) is 11.8 Å². The van der Waals surface area contributed by atoms with Crippen molar-refractivity contribution < 1.29 is 4.79 Å². The molecule has 0 aliphatic carbocycles. The maximum atomic E-state index is 13.2. The summed E-state index contributed by atoms with van der Waals surface area (Å²) in [5.74, 6) is -0.0169. The first-order valence-corrected chi connectivity index (χ1v) is 10.2. The van der Waals surface area contributed by atoms with Crippen molar-refractivity contribution in [2.75, 3.05) is 10.6 Å². The summed E-state index contributed by atoms with van der Waals surface area (Å²) in [6, 6.07) is 24.2. The Hall–Kier alpha value is -2.50. The fourth-order valence-corrected chi connectivity index (χ4v) is 5.43. The number of thioether (sulfide) groups is 1. The predicted octanol–water partition coefficient (Wildman–Crippen LogP) is 5.86. The van der Waals surface area contributed by atoms with Gasteiger partial charge in [0.2, 0.25) is 5.91 Å². The molecule has 132 valence electrons. The van der Waals surface area contributed by atoms with E-state index in [-0.39, 0.29) is 5.91 Å². The Labute approximate surface area is 170 Å². The van der Waals surface area contributed by atoms with E-state index in [0.29, 0.717) is 0 Å². The van der Waals surface area contributed by atoms with Crippen molar-refractivity contribution >= 4 is 50.7 Å². The number of fused-ring (bicyclic) bond motifs is 3.